The van der Waals surface area contributed by atoms with Crippen LogP contribution in [0, 0.1) is 6.92 Å². The Balaban J connectivity index is 2.24. The molecule has 19 heavy (non-hydrogen) atoms. The molecule has 3 nitrogen and oxygen atoms in total. The van der Waals surface area contributed by atoms with Gasteiger partial charge in [0.1, 0.15) is 5.52 Å². The highest BCUT2D eigenvalue weighted by atomic mass is 35.5. The number of hydrogen-bond acceptors (Lipinski definition) is 3. The molecule has 0 atom stereocenters. The maximum absolute atomic E-state index is 6.01. The summed E-state index contributed by atoms with van der Waals surface area (Å²) in [5, 5.41) is 0.883. The van der Waals surface area contributed by atoms with Crippen molar-refractivity contribution in [1.82, 2.24) is 4.98 Å². The zero-order valence-corrected chi connectivity index (χ0v) is 11.6. The van der Waals surface area contributed by atoms with E-state index in [2.05, 4.69) is 4.98 Å². The molecule has 0 aliphatic heterocycles. The number of hydrogen-bond donors (Lipinski definition) is 1. The summed E-state index contributed by atoms with van der Waals surface area (Å²) in [6, 6.07) is 9.09. The molecule has 0 saturated heterocycles. The van der Waals surface area contributed by atoms with Crippen LogP contribution in [0.2, 0.25) is 10.0 Å². The van der Waals surface area contributed by atoms with E-state index in [0.29, 0.717) is 32.8 Å². The molecule has 0 aliphatic carbocycles. The summed E-state index contributed by atoms with van der Waals surface area (Å²) in [6.07, 6.45) is 0. The average Bonchev–Trinajstić information content (AvgIpc) is 2.76. The minimum absolute atomic E-state index is 0.390. The number of halogens is 2. The van der Waals surface area contributed by atoms with Gasteiger partial charge in [0.2, 0.25) is 5.89 Å². The molecule has 1 heterocycles. The maximum Gasteiger partial charge on any atom is 0.229 e. The Bertz CT molecular complexity index is 780. The van der Waals surface area contributed by atoms with Crippen molar-refractivity contribution in [3.05, 3.63) is 45.9 Å². The molecule has 0 radical (unpaired) electrons. The summed E-state index contributed by atoms with van der Waals surface area (Å²) >= 11 is 12.0. The number of aryl methyl sites for hydroxylation is 1. The van der Waals surface area contributed by atoms with Crippen LogP contribution in [0.15, 0.2) is 34.7 Å². The van der Waals surface area contributed by atoms with Crippen molar-refractivity contribution in [1.29, 1.82) is 0 Å². The minimum Gasteiger partial charge on any atom is -0.436 e. The molecule has 2 N–H and O–H groups in total. The Morgan fingerprint density at radius 1 is 1.16 bits per heavy atom. The molecule has 96 valence electrons. The fraction of sp³-hybridized carbons (Fsp3) is 0.0714. The van der Waals surface area contributed by atoms with E-state index >= 15 is 0 Å². The van der Waals surface area contributed by atoms with Gasteiger partial charge in [0.25, 0.3) is 0 Å². The first-order valence-electron chi connectivity index (χ1n) is 5.66. The predicted octanol–water partition coefficient (Wildman–Crippen LogP) is 4.69. The van der Waals surface area contributed by atoms with Crippen molar-refractivity contribution >= 4 is 40.0 Å². The third-order valence-electron chi connectivity index (χ3n) is 2.87. The first-order valence-corrected chi connectivity index (χ1v) is 6.42. The van der Waals surface area contributed by atoms with Gasteiger partial charge in [0, 0.05) is 5.02 Å². The highest BCUT2D eigenvalue weighted by Gasteiger charge is 2.14. The summed E-state index contributed by atoms with van der Waals surface area (Å²) in [5.41, 5.74) is 9.55. The van der Waals surface area contributed by atoms with E-state index < -0.39 is 0 Å². The molecule has 0 aliphatic rings. The van der Waals surface area contributed by atoms with Crippen LogP contribution in [0.25, 0.3) is 22.6 Å². The Labute approximate surface area is 119 Å². The van der Waals surface area contributed by atoms with Crippen LogP contribution in [0.3, 0.4) is 0 Å². The number of nitrogens with two attached hydrogens (primary N) is 1. The number of fused-ring (bicyclic) bond motifs is 1. The number of oxazole rings is 1. The smallest absolute Gasteiger partial charge is 0.229 e. The zero-order chi connectivity index (χ0) is 13.6. The lowest BCUT2D eigenvalue weighted by atomic mass is 10.2. The molecule has 5 heteroatoms. The summed E-state index contributed by atoms with van der Waals surface area (Å²) in [4.78, 5) is 4.40. The highest BCUT2D eigenvalue weighted by Crippen LogP contribution is 2.35. The molecule has 2 aromatic carbocycles. The standard InChI is InChI=1S/C14H10Cl2N2O/c1-7-2-3-11-12(4-7)19-14(18-11)9-5-8(15)6-10(16)13(9)17/h2-6H,17H2,1H3. The van der Waals surface area contributed by atoms with Crippen molar-refractivity contribution in [3.8, 4) is 11.5 Å². The second-order valence-corrected chi connectivity index (χ2v) is 5.18. The minimum atomic E-state index is 0.390. The van der Waals surface area contributed by atoms with Gasteiger partial charge < -0.3 is 10.2 Å². The molecule has 0 spiro atoms. The van der Waals surface area contributed by atoms with Gasteiger partial charge in [-0.2, -0.15) is 0 Å². The number of benzene rings is 2. The van der Waals surface area contributed by atoms with Gasteiger partial charge in [-0.15, -0.1) is 0 Å². The van der Waals surface area contributed by atoms with Gasteiger partial charge in [-0.3, -0.25) is 0 Å². The summed E-state index contributed by atoms with van der Waals surface area (Å²) in [7, 11) is 0. The van der Waals surface area contributed by atoms with Gasteiger partial charge in [-0.1, -0.05) is 29.3 Å². The molecule has 0 fully saturated rings. The van der Waals surface area contributed by atoms with Crippen molar-refractivity contribution < 1.29 is 4.42 Å². The largest absolute Gasteiger partial charge is 0.436 e. The molecule has 0 unspecified atom stereocenters. The second kappa shape index (κ2) is 4.44. The van der Waals surface area contributed by atoms with E-state index in [4.69, 9.17) is 33.4 Å². The van der Waals surface area contributed by atoms with E-state index in [9.17, 15) is 0 Å². The fourth-order valence-corrected chi connectivity index (χ4v) is 2.40. The maximum atomic E-state index is 6.01. The average molecular weight is 293 g/mol. The molecule has 3 aromatic rings. The van der Waals surface area contributed by atoms with Crippen LogP contribution >= 0.6 is 23.2 Å². The molecule has 1 aromatic heterocycles. The van der Waals surface area contributed by atoms with Crippen LogP contribution in [0.1, 0.15) is 5.56 Å². The summed E-state index contributed by atoms with van der Waals surface area (Å²) < 4.78 is 5.72. The lowest BCUT2D eigenvalue weighted by Gasteiger charge is -2.04. The van der Waals surface area contributed by atoms with Crippen molar-refractivity contribution in [2.75, 3.05) is 5.73 Å². The lowest BCUT2D eigenvalue weighted by Crippen LogP contribution is -1.91. The van der Waals surface area contributed by atoms with E-state index in [1.165, 1.54) is 0 Å². The Kier molecular flexibility index (Phi) is 2.88. The molecular weight excluding hydrogens is 283 g/mol. The van der Waals surface area contributed by atoms with Crippen molar-refractivity contribution in [2.24, 2.45) is 0 Å². The Hall–Kier alpha value is -1.71. The number of rotatable bonds is 1. The summed E-state index contributed by atoms with van der Waals surface area (Å²) in [6.45, 7) is 1.99. The number of aromatic nitrogens is 1. The quantitative estimate of drug-likeness (QED) is 0.662. The van der Waals surface area contributed by atoms with E-state index in [1.54, 1.807) is 12.1 Å². The van der Waals surface area contributed by atoms with Gasteiger partial charge in [-0.25, -0.2) is 4.98 Å². The lowest BCUT2D eigenvalue weighted by molar-refractivity contribution is 0.620. The van der Waals surface area contributed by atoms with Crippen molar-refractivity contribution in [2.45, 2.75) is 6.92 Å². The molecule has 3 rings (SSSR count). The number of anilines is 1. The Morgan fingerprint density at radius 2 is 1.95 bits per heavy atom. The SMILES string of the molecule is Cc1ccc2nc(-c3cc(Cl)cc(Cl)c3N)oc2c1. The summed E-state index contributed by atoms with van der Waals surface area (Å²) in [5.74, 6) is 0.419. The van der Waals surface area contributed by atoms with Crippen LogP contribution in [0.4, 0.5) is 5.69 Å². The second-order valence-electron chi connectivity index (χ2n) is 4.34. The van der Waals surface area contributed by atoms with Crippen LogP contribution in [0.5, 0.6) is 0 Å². The third-order valence-corrected chi connectivity index (χ3v) is 3.40. The topological polar surface area (TPSA) is 52.0 Å². The highest BCUT2D eigenvalue weighted by molar-refractivity contribution is 6.37. The first-order chi connectivity index (χ1) is 9.04. The van der Waals surface area contributed by atoms with Gasteiger partial charge in [0.15, 0.2) is 5.58 Å². The first kappa shape index (κ1) is 12.3. The van der Waals surface area contributed by atoms with Crippen molar-refractivity contribution in [3.63, 3.8) is 0 Å². The van der Waals surface area contributed by atoms with Crippen LogP contribution in [-0.2, 0) is 0 Å². The van der Waals surface area contributed by atoms with Gasteiger partial charge in [-0.05, 0) is 36.8 Å². The third kappa shape index (κ3) is 2.15. The van der Waals surface area contributed by atoms with Crippen LogP contribution in [-0.4, -0.2) is 4.98 Å². The number of nitrogen functional groups attached to an aromatic ring is 1. The fourth-order valence-electron chi connectivity index (χ4n) is 1.91. The van der Waals surface area contributed by atoms with E-state index in [0.717, 1.165) is 11.1 Å². The molecular formula is C14H10Cl2N2O. The predicted molar refractivity (Wildman–Crippen MR) is 78.6 cm³/mol. The normalized spacial score (nSPS) is 11.1. The van der Waals surface area contributed by atoms with E-state index in [-0.39, 0.29) is 0 Å². The molecule has 0 saturated carbocycles. The van der Waals surface area contributed by atoms with Crippen LogP contribution < -0.4 is 5.73 Å². The monoisotopic (exact) mass is 292 g/mol. The Morgan fingerprint density at radius 3 is 2.74 bits per heavy atom. The number of nitrogens with zero attached hydrogens (tertiary/aromatic N) is 1. The zero-order valence-electron chi connectivity index (χ0n) is 10.1. The van der Waals surface area contributed by atoms with Gasteiger partial charge >= 0.3 is 0 Å². The van der Waals surface area contributed by atoms with E-state index in [1.807, 2.05) is 25.1 Å². The molecule has 0 amide bonds. The van der Waals surface area contributed by atoms with Gasteiger partial charge in [0.05, 0.1) is 16.3 Å². The molecule has 0 bridgehead atoms.